The molecule has 1 unspecified atom stereocenters. The second kappa shape index (κ2) is 6.93. The molecule has 0 spiro atoms. The molecule has 1 heterocycles. The first kappa shape index (κ1) is 15.1. The van der Waals surface area contributed by atoms with Crippen LogP contribution in [0.25, 0.3) is 0 Å². The molecule has 0 saturated heterocycles. The molecule has 5 heteroatoms. The number of hydrogen-bond donors (Lipinski definition) is 1. The van der Waals surface area contributed by atoms with Crippen LogP contribution in [0.3, 0.4) is 0 Å². The highest BCUT2D eigenvalue weighted by atomic mass is 35.5. The van der Waals surface area contributed by atoms with Crippen LogP contribution in [-0.2, 0) is 6.42 Å². The highest BCUT2D eigenvalue weighted by molar-refractivity contribution is 6.42. The number of nitrogens with two attached hydrogens (primary N) is 1. The van der Waals surface area contributed by atoms with E-state index in [-0.39, 0.29) is 6.04 Å². The number of pyridine rings is 1. The molecule has 2 aromatic rings. The fourth-order valence-corrected chi connectivity index (χ4v) is 1.99. The molecule has 0 amide bonds. The van der Waals surface area contributed by atoms with E-state index in [9.17, 15) is 0 Å². The number of benzene rings is 1. The highest BCUT2D eigenvalue weighted by Gasteiger charge is 2.05. The summed E-state index contributed by atoms with van der Waals surface area (Å²) in [6.45, 7) is 2.07. The van der Waals surface area contributed by atoms with Gasteiger partial charge in [-0.25, -0.2) is 4.98 Å². The summed E-state index contributed by atoms with van der Waals surface area (Å²) < 4.78 is 5.62. The lowest BCUT2D eigenvalue weighted by Crippen LogP contribution is -2.21. The second-order valence-electron chi connectivity index (χ2n) is 4.56. The Bertz CT molecular complexity index is 573. The molecule has 1 aromatic carbocycles. The number of nitrogens with zero attached hydrogens (tertiary/aromatic N) is 1. The Morgan fingerprint density at radius 3 is 2.60 bits per heavy atom. The van der Waals surface area contributed by atoms with Crippen molar-refractivity contribution in [1.82, 2.24) is 4.98 Å². The van der Waals surface area contributed by atoms with Crippen molar-refractivity contribution in [3.8, 4) is 11.6 Å². The van der Waals surface area contributed by atoms with Gasteiger partial charge < -0.3 is 10.5 Å². The Kier molecular flexibility index (Phi) is 5.24. The largest absolute Gasteiger partial charge is 0.439 e. The van der Waals surface area contributed by atoms with Crippen molar-refractivity contribution in [2.45, 2.75) is 25.8 Å². The van der Waals surface area contributed by atoms with Gasteiger partial charge in [0.05, 0.1) is 10.0 Å². The zero-order chi connectivity index (χ0) is 14.5. The molecular weight excluding hydrogens is 295 g/mol. The molecule has 0 aliphatic rings. The molecule has 2 N–H and O–H groups in total. The average Bonchev–Trinajstić information content (AvgIpc) is 2.45. The lowest BCUT2D eigenvalue weighted by Gasteiger charge is -2.09. The molecule has 2 rings (SSSR count). The summed E-state index contributed by atoms with van der Waals surface area (Å²) in [7, 11) is 0. The number of ether oxygens (including phenoxy) is 1. The van der Waals surface area contributed by atoms with E-state index < -0.39 is 0 Å². The maximum absolute atomic E-state index is 5.93. The minimum Gasteiger partial charge on any atom is -0.439 e. The predicted molar refractivity (Wildman–Crippen MR) is 82.7 cm³/mol. The van der Waals surface area contributed by atoms with Gasteiger partial charge in [-0.2, -0.15) is 0 Å². The molecule has 20 heavy (non-hydrogen) atoms. The van der Waals surface area contributed by atoms with Crippen LogP contribution in [-0.4, -0.2) is 11.0 Å². The number of halogens is 2. The molecule has 0 fully saturated rings. The Morgan fingerprint density at radius 1 is 1.20 bits per heavy atom. The molecule has 0 radical (unpaired) electrons. The summed E-state index contributed by atoms with van der Waals surface area (Å²) in [6.07, 6.45) is 3.54. The fourth-order valence-electron chi connectivity index (χ4n) is 1.70. The van der Waals surface area contributed by atoms with E-state index in [2.05, 4.69) is 11.9 Å². The normalized spacial score (nSPS) is 12.2. The van der Waals surface area contributed by atoms with Crippen molar-refractivity contribution in [2.24, 2.45) is 5.73 Å². The highest BCUT2D eigenvalue weighted by Crippen LogP contribution is 2.28. The van der Waals surface area contributed by atoms with Crippen LogP contribution in [0.2, 0.25) is 10.0 Å². The maximum Gasteiger partial charge on any atom is 0.219 e. The Labute approximate surface area is 128 Å². The first-order chi connectivity index (χ1) is 9.58. The monoisotopic (exact) mass is 310 g/mol. The van der Waals surface area contributed by atoms with Gasteiger partial charge in [0.1, 0.15) is 5.75 Å². The van der Waals surface area contributed by atoms with E-state index in [0.29, 0.717) is 21.7 Å². The number of aromatic nitrogens is 1. The molecular formula is C15H16Cl2N2O. The van der Waals surface area contributed by atoms with Gasteiger partial charge in [0.25, 0.3) is 0 Å². The van der Waals surface area contributed by atoms with E-state index in [1.54, 1.807) is 24.4 Å². The van der Waals surface area contributed by atoms with Gasteiger partial charge in [0.15, 0.2) is 0 Å². The third-order valence-corrected chi connectivity index (χ3v) is 3.67. The van der Waals surface area contributed by atoms with Crippen molar-refractivity contribution in [1.29, 1.82) is 0 Å². The fraction of sp³-hybridized carbons (Fsp3) is 0.267. The minimum atomic E-state index is 0.165. The predicted octanol–water partition coefficient (Wildman–Crippen LogP) is 4.46. The Morgan fingerprint density at radius 2 is 2.00 bits per heavy atom. The molecule has 1 atom stereocenters. The van der Waals surface area contributed by atoms with Crippen LogP contribution in [0.5, 0.6) is 11.6 Å². The standard InChI is InChI=1S/C15H16Cl2N2O/c1-2-11(18)7-10-3-6-15(19-9-10)20-12-4-5-13(16)14(17)8-12/h3-6,8-9,11H,2,7,18H2,1H3. The topological polar surface area (TPSA) is 48.1 Å². The summed E-state index contributed by atoms with van der Waals surface area (Å²) in [5, 5.41) is 0.950. The van der Waals surface area contributed by atoms with Crippen molar-refractivity contribution >= 4 is 23.2 Å². The quantitative estimate of drug-likeness (QED) is 0.887. The first-order valence-electron chi connectivity index (χ1n) is 6.42. The van der Waals surface area contributed by atoms with Crippen LogP contribution in [0.4, 0.5) is 0 Å². The van der Waals surface area contributed by atoms with Gasteiger partial charge in [-0.1, -0.05) is 36.2 Å². The third kappa shape index (κ3) is 4.10. The first-order valence-corrected chi connectivity index (χ1v) is 7.17. The van der Waals surface area contributed by atoms with E-state index in [4.69, 9.17) is 33.7 Å². The summed E-state index contributed by atoms with van der Waals surface area (Å²) in [4.78, 5) is 4.26. The van der Waals surface area contributed by atoms with Crippen molar-refractivity contribution in [3.05, 3.63) is 52.1 Å². The molecule has 3 nitrogen and oxygen atoms in total. The molecule has 0 aliphatic heterocycles. The van der Waals surface area contributed by atoms with Crippen LogP contribution in [0.15, 0.2) is 36.5 Å². The Hall–Kier alpha value is -1.29. The van der Waals surface area contributed by atoms with E-state index >= 15 is 0 Å². The van der Waals surface area contributed by atoms with Gasteiger partial charge in [-0.05, 0) is 30.5 Å². The number of rotatable bonds is 5. The average molecular weight is 311 g/mol. The van der Waals surface area contributed by atoms with Crippen molar-refractivity contribution in [2.75, 3.05) is 0 Å². The van der Waals surface area contributed by atoms with Gasteiger partial charge in [-0.3, -0.25) is 0 Å². The molecule has 0 bridgehead atoms. The summed E-state index contributed by atoms with van der Waals surface area (Å²) in [6, 6.07) is 9.05. The van der Waals surface area contributed by atoms with E-state index in [1.165, 1.54) is 0 Å². The zero-order valence-electron chi connectivity index (χ0n) is 11.1. The van der Waals surface area contributed by atoms with Crippen LogP contribution >= 0.6 is 23.2 Å². The summed E-state index contributed by atoms with van der Waals surface area (Å²) in [5.74, 6) is 1.11. The smallest absolute Gasteiger partial charge is 0.219 e. The second-order valence-corrected chi connectivity index (χ2v) is 5.37. The third-order valence-electron chi connectivity index (χ3n) is 2.93. The maximum atomic E-state index is 5.93. The van der Waals surface area contributed by atoms with Gasteiger partial charge >= 0.3 is 0 Å². The zero-order valence-corrected chi connectivity index (χ0v) is 12.7. The van der Waals surface area contributed by atoms with Crippen molar-refractivity contribution in [3.63, 3.8) is 0 Å². The molecule has 106 valence electrons. The number of hydrogen-bond acceptors (Lipinski definition) is 3. The lowest BCUT2D eigenvalue weighted by molar-refractivity contribution is 0.462. The Balaban J connectivity index is 2.04. The van der Waals surface area contributed by atoms with E-state index in [1.807, 2.05) is 12.1 Å². The molecule has 1 aromatic heterocycles. The van der Waals surface area contributed by atoms with E-state index in [0.717, 1.165) is 18.4 Å². The molecule has 0 aliphatic carbocycles. The van der Waals surface area contributed by atoms with Crippen molar-refractivity contribution < 1.29 is 4.74 Å². The van der Waals surface area contributed by atoms with Crippen LogP contribution < -0.4 is 10.5 Å². The van der Waals surface area contributed by atoms with Gasteiger partial charge in [-0.15, -0.1) is 0 Å². The van der Waals surface area contributed by atoms with Crippen LogP contribution in [0, 0.1) is 0 Å². The van der Waals surface area contributed by atoms with Crippen LogP contribution in [0.1, 0.15) is 18.9 Å². The SMILES string of the molecule is CCC(N)Cc1ccc(Oc2ccc(Cl)c(Cl)c2)nc1. The van der Waals surface area contributed by atoms with Gasteiger partial charge in [0, 0.05) is 24.4 Å². The molecule has 0 saturated carbocycles. The minimum absolute atomic E-state index is 0.165. The van der Waals surface area contributed by atoms with Gasteiger partial charge in [0.2, 0.25) is 5.88 Å². The summed E-state index contributed by atoms with van der Waals surface area (Å²) in [5.41, 5.74) is 7.01. The summed E-state index contributed by atoms with van der Waals surface area (Å²) >= 11 is 11.8. The lowest BCUT2D eigenvalue weighted by atomic mass is 10.1.